The van der Waals surface area contributed by atoms with E-state index in [2.05, 4.69) is 65.4 Å². The van der Waals surface area contributed by atoms with E-state index in [1.807, 2.05) is 17.8 Å². The number of nitrogens with zero attached hydrogens (tertiary/aromatic N) is 2. The van der Waals surface area contributed by atoms with Crippen LogP contribution in [0.25, 0.3) is 0 Å². The molecule has 4 rings (SSSR count). The van der Waals surface area contributed by atoms with Crippen molar-refractivity contribution >= 4 is 23.4 Å². The average molecular weight is 410 g/mol. The van der Waals surface area contributed by atoms with Crippen molar-refractivity contribution in [2.75, 3.05) is 36.8 Å². The zero-order valence-corrected chi connectivity index (χ0v) is 18.3. The molecule has 0 aromatic heterocycles. The number of aryl methyl sites for hydroxylation is 1. The van der Waals surface area contributed by atoms with E-state index in [9.17, 15) is 4.79 Å². The van der Waals surface area contributed by atoms with E-state index in [1.54, 1.807) is 0 Å². The Hall–Kier alpha value is -1.98. The molecule has 1 N–H and O–H groups in total. The molecule has 4 nitrogen and oxygen atoms in total. The van der Waals surface area contributed by atoms with Gasteiger partial charge in [0.2, 0.25) is 0 Å². The number of hydrogen-bond acceptors (Lipinski definition) is 4. The van der Waals surface area contributed by atoms with Crippen molar-refractivity contribution in [3.63, 3.8) is 0 Å². The summed E-state index contributed by atoms with van der Waals surface area (Å²) in [4.78, 5) is 19.0. The minimum absolute atomic E-state index is 0.0432. The Bertz CT molecular complexity index is 852. The molecule has 0 spiro atoms. The van der Waals surface area contributed by atoms with E-state index < -0.39 is 0 Å². The summed E-state index contributed by atoms with van der Waals surface area (Å²) in [6, 6.07) is 15.4. The fraction of sp³-hybridized carbons (Fsp3) is 0.458. The summed E-state index contributed by atoms with van der Waals surface area (Å²) in [6.07, 6.45) is 2.41. The Kier molecular flexibility index (Phi) is 6.46. The Labute approximate surface area is 178 Å². The largest absolute Gasteiger partial charge is 0.365 e. The lowest BCUT2D eigenvalue weighted by Crippen LogP contribution is -2.40. The predicted octanol–water partition coefficient (Wildman–Crippen LogP) is 4.32. The number of nitrogens with one attached hydrogen (secondary N) is 1. The maximum Gasteiger partial charge on any atom is 0.251 e. The first-order valence-corrected chi connectivity index (χ1v) is 11.7. The minimum atomic E-state index is 0.0432. The second-order valence-corrected chi connectivity index (χ2v) is 9.21. The number of thioether (sulfide) groups is 1. The first-order valence-electron chi connectivity index (χ1n) is 10.7. The van der Waals surface area contributed by atoms with Gasteiger partial charge in [-0.3, -0.25) is 9.69 Å². The molecule has 2 aliphatic heterocycles. The summed E-state index contributed by atoms with van der Waals surface area (Å²) in [7, 11) is 0. The molecule has 0 aliphatic carbocycles. The summed E-state index contributed by atoms with van der Waals surface area (Å²) in [6.45, 7) is 9.16. The molecule has 2 heterocycles. The van der Waals surface area contributed by atoms with Crippen molar-refractivity contribution in [2.45, 2.75) is 44.2 Å². The standard InChI is InChI=1S/C24H31N3OS/c1-3-26-12-4-5-21(26)16-25-24(28)20-10-11-23-22(15-20)27(13-14-29-23)17-19-8-6-18(2)7-9-19/h6-11,15,21H,3-5,12-14,16-17H2,1-2H3,(H,25,28)/t21-/m1/s1. The van der Waals surface area contributed by atoms with E-state index in [-0.39, 0.29) is 5.91 Å². The molecule has 1 fully saturated rings. The normalized spacial score (nSPS) is 19.2. The fourth-order valence-corrected chi connectivity index (χ4v) is 5.38. The third-order valence-corrected chi connectivity index (χ3v) is 7.12. The summed E-state index contributed by atoms with van der Waals surface area (Å²) in [5.74, 6) is 1.13. The molecule has 5 heteroatoms. The number of likely N-dealkylation sites (tertiary alicyclic amines) is 1. The summed E-state index contributed by atoms with van der Waals surface area (Å²) in [5, 5.41) is 3.18. The Balaban J connectivity index is 1.45. The van der Waals surface area contributed by atoms with Gasteiger partial charge in [0.15, 0.2) is 0 Å². The van der Waals surface area contributed by atoms with Gasteiger partial charge >= 0.3 is 0 Å². The number of anilines is 1. The molecule has 29 heavy (non-hydrogen) atoms. The van der Waals surface area contributed by atoms with Crippen LogP contribution in [0.3, 0.4) is 0 Å². The molecule has 2 aromatic rings. The highest BCUT2D eigenvalue weighted by molar-refractivity contribution is 7.99. The van der Waals surface area contributed by atoms with Gasteiger partial charge in [-0.05, 0) is 56.6 Å². The molecule has 0 unspecified atom stereocenters. The number of likely N-dealkylation sites (N-methyl/N-ethyl adjacent to an activating group) is 1. The third-order valence-electron chi connectivity index (χ3n) is 6.08. The van der Waals surface area contributed by atoms with Crippen LogP contribution in [-0.2, 0) is 6.54 Å². The van der Waals surface area contributed by atoms with Crippen LogP contribution in [0.1, 0.15) is 41.3 Å². The van der Waals surface area contributed by atoms with Crippen molar-refractivity contribution in [1.82, 2.24) is 10.2 Å². The van der Waals surface area contributed by atoms with Crippen LogP contribution in [0, 0.1) is 6.92 Å². The minimum Gasteiger partial charge on any atom is -0.365 e. The SMILES string of the molecule is CCN1CCC[C@@H]1CNC(=O)c1ccc2c(c1)N(Cc1ccc(C)cc1)CCS2. The van der Waals surface area contributed by atoms with Crippen LogP contribution in [0.4, 0.5) is 5.69 Å². The van der Waals surface area contributed by atoms with Gasteiger partial charge < -0.3 is 10.2 Å². The summed E-state index contributed by atoms with van der Waals surface area (Å²) < 4.78 is 0. The molecule has 1 amide bonds. The van der Waals surface area contributed by atoms with Crippen molar-refractivity contribution in [3.05, 3.63) is 59.2 Å². The predicted molar refractivity (Wildman–Crippen MR) is 122 cm³/mol. The molecule has 2 aromatic carbocycles. The van der Waals surface area contributed by atoms with E-state index in [0.717, 1.165) is 44.0 Å². The smallest absolute Gasteiger partial charge is 0.251 e. The van der Waals surface area contributed by atoms with Gasteiger partial charge in [-0.1, -0.05) is 36.8 Å². The van der Waals surface area contributed by atoms with Crippen LogP contribution >= 0.6 is 11.8 Å². The zero-order valence-electron chi connectivity index (χ0n) is 17.5. The van der Waals surface area contributed by atoms with Gasteiger partial charge in [-0.2, -0.15) is 0 Å². The number of rotatable bonds is 6. The van der Waals surface area contributed by atoms with Crippen LogP contribution in [0.2, 0.25) is 0 Å². The molecule has 0 saturated carbocycles. The van der Waals surface area contributed by atoms with Gasteiger partial charge in [0.1, 0.15) is 0 Å². The molecule has 0 bridgehead atoms. The highest BCUT2D eigenvalue weighted by Gasteiger charge is 2.24. The number of hydrogen-bond donors (Lipinski definition) is 1. The molecule has 2 aliphatic rings. The van der Waals surface area contributed by atoms with Crippen LogP contribution in [0.5, 0.6) is 0 Å². The lowest BCUT2D eigenvalue weighted by molar-refractivity contribution is 0.0941. The fourth-order valence-electron chi connectivity index (χ4n) is 4.35. The maximum absolute atomic E-state index is 12.8. The molecular weight excluding hydrogens is 378 g/mol. The summed E-state index contributed by atoms with van der Waals surface area (Å²) in [5.41, 5.74) is 4.54. The number of fused-ring (bicyclic) bond motifs is 1. The van der Waals surface area contributed by atoms with E-state index in [0.29, 0.717) is 6.04 Å². The quantitative estimate of drug-likeness (QED) is 0.771. The monoisotopic (exact) mass is 409 g/mol. The van der Waals surface area contributed by atoms with Crippen molar-refractivity contribution in [2.24, 2.45) is 0 Å². The molecule has 1 atom stereocenters. The van der Waals surface area contributed by atoms with Gasteiger partial charge in [-0.15, -0.1) is 11.8 Å². The average Bonchev–Trinajstić information content (AvgIpc) is 3.21. The van der Waals surface area contributed by atoms with Crippen LogP contribution in [0.15, 0.2) is 47.4 Å². The Morgan fingerprint density at radius 1 is 1.17 bits per heavy atom. The Morgan fingerprint density at radius 2 is 2.00 bits per heavy atom. The molecule has 1 saturated heterocycles. The van der Waals surface area contributed by atoms with Crippen molar-refractivity contribution in [1.29, 1.82) is 0 Å². The van der Waals surface area contributed by atoms with Crippen LogP contribution in [-0.4, -0.2) is 48.8 Å². The number of carbonyl (C=O) groups is 1. The molecule has 154 valence electrons. The molecule has 0 radical (unpaired) electrons. The first kappa shape index (κ1) is 20.3. The summed E-state index contributed by atoms with van der Waals surface area (Å²) >= 11 is 1.88. The van der Waals surface area contributed by atoms with Gasteiger partial charge in [0.25, 0.3) is 5.91 Å². The van der Waals surface area contributed by atoms with E-state index in [4.69, 9.17) is 0 Å². The lowest BCUT2D eigenvalue weighted by atomic mass is 10.1. The maximum atomic E-state index is 12.8. The van der Waals surface area contributed by atoms with Gasteiger partial charge in [-0.25, -0.2) is 0 Å². The number of benzene rings is 2. The topological polar surface area (TPSA) is 35.6 Å². The van der Waals surface area contributed by atoms with Gasteiger partial charge in [0, 0.05) is 41.9 Å². The van der Waals surface area contributed by atoms with Gasteiger partial charge in [0.05, 0.1) is 5.69 Å². The van der Waals surface area contributed by atoms with E-state index >= 15 is 0 Å². The van der Waals surface area contributed by atoms with Crippen LogP contribution < -0.4 is 10.2 Å². The zero-order chi connectivity index (χ0) is 20.2. The second kappa shape index (κ2) is 9.23. The van der Waals surface area contributed by atoms with Crippen molar-refractivity contribution < 1.29 is 4.79 Å². The highest BCUT2D eigenvalue weighted by Crippen LogP contribution is 2.36. The first-order chi connectivity index (χ1) is 14.1. The highest BCUT2D eigenvalue weighted by atomic mass is 32.2. The second-order valence-electron chi connectivity index (χ2n) is 8.07. The number of carbonyl (C=O) groups excluding carboxylic acids is 1. The lowest BCUT2D eigenvalue weighted by Gasteiger charge is -2.31. The van der Waals surface area contributed by atoms with E-state index in [1.165, 1.54) is 34.6 Å². The Morgan fingerprint density at radius 3 is 2.79 bits per heavy atom. The number of amides is 1. The molecular formula is C24H31N3OS. The van der Waals surface area contributed by atoms with Crippen molar-refractivity contribution in [3.8, 4) is 0 Å². The third kappa shape index (κ3) is 4.78.